The molecule has 2 N–H and O–H groups in total. The molecule has 3 aromatic carbocycles. The molecule has 0 saturated carbocycles. The molecule has 0 aliphatic carbocycles. The van der Waals surface area contributed by atoms with Gasteiger partial charge in [-0.05, 0) is 42.3 Å². The van der Waals surface area contributed by atoms with Gasteiger partial charge in [-0.2, -0.15) is 0 Å². The Balaban J connectivity index is 1.73. The Morgan fingerprint density at radius 3 is 2.67 bits per heavy atom. The average Bonchev–Trinajstić information content (AvgIpc) is 3.13. The fourth-order valence-corrected chi connectivity index (χ4v) is 3.04. The summed E-state index contributed by atoms with van der Waals surface area (Å²) in [6.07, 6.45) is 4.07. The summed E-state index contributed by atoms with van der Waals surface area (Å²) in [5.41, 5.74) is 5.10. The van der Waals surface area contributed by atoms with E-state index >= 15 is 0 Å². The second-order valence-electron chi connectivity index (χ2n) is 6.23. The number of benzene rings is 3. The van der Waals surface area contributed by atoms with Gasteiger partial charge in [0.05, 0.1) is 16.7 Å². The SMILES string of the molecule is C=CCc1cccc(C=Nc2ccccc2-c2nc3ccccc3[nH]2)c1O. The van der Waals surface area contributed by atoms with Crippen LogP contribution in [0, 0.1) is 0 Å². The van der Waals surface area contributed by atoms with Gasteiger partial charge in [0.1, 0.15) is 11.6 Å². The molecule has 4 rings (SSSR count). The number of aliphatic imine (C=N–C) groups is 1. The standard InChI is InChI=1S/C23H19N3O/c1-2-8-16-9-7-10-17(22(16)27)15-24-19-12-4-3-11-18(19)23-25-20-13-5-6-14-21(20)26-23/h2-7,9-15,27H,1,8H2,(H,25,26). The lowest BCUT2D eigenvalue weighted by Crippen LogP contribution is -1.89. The van der Waals surface area contributed by atoms with E-state index in [0.717, 1.165) is 33.7 Å². The summed E-state index contributed by atoms with van der Waals surface area (Å²) in [7, 11) is 0. The summed E-state index contributed by atoms with van der Waals surface area (Å²) in [6, 6.07) is 21.4. The van der Waals surface area contributed by atoms with E-state index in [2.05, 4.69) is 21.5 Å². The number of fused-ring (bicyclic) bond motifs is 1. The van der Waals surface area contributed by atoms with Gasteiger partial charge in [0, 0.05) is 17.3 Å². The number of aromatic hydroxyl groups is 1. The molecule has 0 amide bonds. The molecule has 0 saturated heterocycles. The first kappa shape index (κ1) is 16.8. The van der Waals surface area contributed by atoms with E-state index in [9.17, 15) is 5.11 Å². The number of imidazole rings is 1. The van der Waals surface area contributed by atoms with Crippen LogP contribution in [0.3, 0.4) is 0 Å². The molecule has 0 unspecified atom stereocenters. The normalized spacial score (nSPS) is 11.3. The first-order chi connectivity index (χ1) is 13.3. The zero-order valence-electron chi connectivity index (χ0n) is 14.8. The maximum atomic E-state index is 10.4. The number of aromatic nitrogens is 2. The number of allylic oxidation sites excluding steroid dienone is 1. The summed E-state index contributed by atoms with van der Waals surface area (Å²) in [4.78, 5) is 12.6. The maximum absolute atomic E-state index is 10.4. The Hall–Kier alpha value is -3.66. The molecular formula is C23H19N3O. The zero-order chi connectivity index (χ0) is 18.6. The highest BCUT2D eigenvalue weighted by atomic mass is 16.3. The molecule has 0 aliphatic heterocycles. The number of nitrogens with one attached hydrogen (secondary N) is 1. The Morgan fingerprint density at radius 1 is 1.00 bits per heavy atom. The quantitative estimate of drug-likeness (QED) is 0.372. The van der Waals surface area contributed by atoms with Crippen LogP contribution in [-0.4, -0.2) is 21.3 Å². The highest BCUT2D eigenvalue weighted by molar-refractivity contribution is 5.89. The number of hydrogen-bond donors (Lipinski definition) is 2. The minimum Gasteiger partial charge on any atom is -0.507 e. The van der Waals surface area contributed by atoms with E-state index in [0.29, 0.717) is 12.0 Å². The lowest BCUT2D eigenvalue weighted by molar-refractivity contribution is 0.469. The van der Waals surface area contributed by atoms with Crippen LogP contribution in [0.5, 0.6) is 5.75 Å². The van der Waals surface area contributed by atoms with E-state index in [-0.39, 0.29) is 5.75 Å². The van der Waals surface area contributed by atoms with E-state index in [1.165, 1.54) is 0 Å². The van der Waals surface area contributed by atoms with Crippen molar-refractivity contribution in [2.24, 2.45) is 4.99 Å². The van der Waals surface area contributed by atoms with Crippen molar-refractivity contribution in [3.05, 3.63) is 90.5 Å². The predicted octanol–water partition coefficient (Wildman–Crippen LogP) is 5.41. The summed E-state index contributed by atoms with van der Waals surface area (Å²) in [5, 5.41) is 10.4. The third-order valence-corrected chi connectivity index (χ3v) is 4.41. The number of rotatable bonds is 5. The van der Waals surface area contributed by atoms with E-state index in [4.69, 9.17) is 0 Å². The van der Waals surface area contributed by atoms with E-state index < -0.39 is 0 Å². The molecule has 4 heteroatoms. The van der Waals surface area contributed by atoms with Crippen molar-refractivity contribution >= 4 is 22.9 Å². The molecular weight excluding hydrogens is 334 g/mol. The molecule has 0 radical (unpaired) electrons. The molecule has 27 heavy (non-hydrogen) atoms. The molecule has 1 aromatic heterocycles. The van der Waals surface area contributed by atoms with Gasteiger partial charge < -0.3 is 10.1 Å². The third-order valence-electron chi connectivity index (χ3n) is 4.41. The van der Waals surface area contributed by atoms with Crippen molar-refractivity contribution in [3.8, 4) is 17.1 Å². The minimum atomic E-state index is 0.238. The maximum Gasteiger partial charge on any atom is 0.140 e. The summed E-state index contributed by atoms with van der Waals surface area (Å²) >= 11 is 0. The molecule has 132 valence electrons. The third kappa shape index (κ3) is 3.37. The monoisotopic (exact) mass is 353 g/mol. The lowest BCUT2D eigenvalue weighted by Gasteiger charge is -2.05. The number of aromatic amines is 1. The zero-order valence-corrected chi connectivity index (χ0v) is 14.8. The van der Waals surface area contributed by atoms with Crippen LogP contribution in [0.4, 0.5) is 5.69 Å². The van der Waals surface area contributed by atoms with Gasteiger partial charge in [-0.1, -0.05) is 42.5 Å². The Morgan fingerprint density at radius 2 is 1.81 bits per heavy atom. The van der Waals surface area contributed by atoms with Gasteiger partial charge in [0.2, 0.25) is 0 Å². The van der Waals surface area contributed by atoms with Crippen molar-refractivity contribution in [3.63, 3.8) is 0 Å². The van der Waals surface area contributed by atoms with Gasteiger partial charge in [-0.15, -0.1) is 6.58 Å². The second-order valence-corrected chi connectivity index (χ2v) is 6.23. The van der Waals surface area contributed by atoms with Gasteiger partial charge in [-0.25, -0.2) is 4.98 Å². The minimum absolute atomic E-state index is 0.238. The number of para-hydroxylation sites is 4. The van der Waals surface area contributed by atoms with Crippen molar-refractivity contribution in [2.75, 3.05) is 0 Å². The van der Waals surface area contributed by atoms with Crippen molar-refractivity contribution in [1.29, 1.82) is 0 Å². The molecule has 0 bridgehead atoms. The van der Waals surface area contributed by atoms with Gasteiger partial charge >= 0.3 is 0 Å². The Labute approximate surface area is 157 Å². The molecule has 0 spiro atoms. The summed E-state index contributed by atoms with van der Waals surface area (Å²) in [5.74, 6) is 1.01. The number of phenols is 1. The average molecular weight is 353 g/mol. The topological polar surface area (TPSA) is 61.3 Å². The van der Waals surface area contributed by atoms with Crippen molar-refractivity contribution in [1.82, 2.24) is 9.97 Å². The van der Waals surface area contributed by atoms with Crippen LogP contribution in [0.15, 0.2) is 84.4 Å². The van der Waals surface area contributed by atoms with Crippen LogP contribution in [0.2, 0.25) is 0 Å². The summed E-state index contributed by atoms with van der Waals surface area (Å²) < 4.78 is 0. The van der Waals surface area contributed by atoms with E-state index in [1.807, 2.05) is 66.7 Å². The largest absolute Gasteiger partial charge is 0.507 e. The smallest absolute Gasteiger partial charge is 0.140 e. The first-order valence-corrected chi connectivity index (χ1v) is 8.76. The van der Waals surface area contributed by atoms with Crippen molar-refractivity contribution < 1.29 is 5.11 Å². The first-order valence-electron chi connectivity index (χ1n) is 8.76. The van der Waals surface area contributed by atoms with E-state index in [1.54, 1.807) is 12.3 Å². The lowest BCUT2D eigenvalue weighted by atomic mass is 10.1. The predicted molar refractivity (Wildman–Crippen MR) is 111 cm³/mol. The van der Waals surface area contributed by atoms with Gasteiger partial charge in [0.25, 0.3) is 0 Å². The van der Waals surface area contributed by atoms with Crippen LogP contribution in [-0.2, 0) is 6.42 Å². The van der Waals surface area contributed by atoms with Crippen LogP contribution < -0.4 is 0 Å². The fraction of sp³-hybridized carbons (Fsp3) is 0.0435. The van der Waals surface area contributed by atoms with Gasteiger partial charge in [0.15, 0.2) is 0 Å². The van der Waals surface area contributed by atoms with Crippen LogP contribution >= 0.6 is 0 Å². The number of nitrogens with zero attached hydrogens (tertiary/aromatic N) is 2. The highest BCUT2D eigenvalue weighted by Crippen LogP contribution is 2.30. The van der Waals surface area contributed by atoms with Crippen LogP contribution in [0.1, 0.15) is 11.1 Å². The molecule has 4 aromatic rings. The van der Waals surface area contributed by atoms with Crippen LogP contribution in [0.25, 0.3) is 22.4 Å². The number of hydrogen-bond acceptors (Lipinski definition) is 3. The highest BCUT2D eigenvalue weighted by Gasteiger charge is 2.09. The molecule has 0 atom stereocenters. The molecule has 1 heterocycles. The molecule has 0 aliphatic rings. The van der Waals surface area contributed by atoms with Gasteiger partial charge in [-0.3, -0.25) is 4.99 Å². The fourth-order valence-electron chi connectivity index (χ4n) is 3.04. The second kappa shape index (κ2) is 7.30. The summed E-state index contributed by atoms with van der Waals surface area (Å²) in [6.45, 7) is 3.73. The van der Waals surface area contributed by atoms with Crippen molar-refractivity contribution in [2.45, 2.75) is 6.42 Å². The molecule has 4 nitrogen and oxygen atoms in total. The number of H-pyrrole nitrogens is 1. The molecule has 0 fully saturated rings. The number of phenolic OH excluding ortho intramolecular Hbond substituents is 1. The Kier molecular flexibility index (Phi) is 4.54. The Bertz CT molecular complexity index is 1110.